The third kappa shape index (κ3) is 3.77. The zero-order valence-corrected chi connectivity index (χ0v) is 11.4. The Kier molecular flexibility index (Phi) is 5.33. The number of pyridine rings is 1. The van der Waals surface area contributed by atoms with Crippen LogP contribution in [-0.4, -0.2) is 23.2 Å². The highest BCUT2D eigenvalue weighted by molar-refractivity contribution is 6.30. The molecular formula is C15H17ClN2O. The van der Waals surface area contributed by atoms with Gasteiger partial charge in [0.05, 0.1) is 0 Å². The number of aliphatic hydroxyl groups excluding tert-OH is 1. The van der Waals surface area contributed by atoms with E-state index in [1.54, 1.807) is 6.20 Å². The molecular weight excluding hydrogens is 260 g/mol. The molecule has 0 unspecified atom stereocenters. The van der Waals surface area contributed by atoms with E-state index in [0.717, 1.165) is 29.7 Å². The van der Waals surface area contributed by atoms with Crippen molar-refractivity contribution in [2.45, 2.75) is 13.0 Å². The average molecular weight is 277 g/mol. The zero-order chi connectivity index (χ0) is 13.5. The lowest BCUT2D eigenvalue weighted by atomic mass is 10.0. The number of hydrogen-bond donors (Lipinski definition) is 2. The second kappa shape index (κ2) is 7.24. The van der Waals surface area contributed by atoms with Crippen molar-refractivity contribution in [3.05, 3.63) is 53.3 Å². The Bertz CT molecular complexity index is 517. The number of aromatic nitrogens is 1. The van der Waals surface area contributed by atoms with Gasteiger partial charge in [-0.1, -0.05) is 41.9 Å². The predicted octanol–water partition coefficient (Wildman–Crippen LogP) is 2.87. The Morgan fingerprint density at radius 2 is 1.95 bits per heavy atom. The summed E-state index contributed by atoms with van der Waals surface area (Å²) >= 11 is 6.19. The molecule has 0 atom stereocenters. The SMILES string of the molecule is OCCCNCc1c(-c2ccccc2)ccnc1Cl. The van der Waals surface area contributed by atoms with E-state index < -0.39 is 0 Å². The molecule has 0 bridgehead atoms. The van der Waals surface area contributed by atoms with Crippen LogP contribution in [0, 0.1) is 0 Å². The van der Waals surface area contributed by atoms with Crippen LogP contribution in [0.1, 0.15) is 12.0 Å². The normalized spacial score (nSPS) is 10.6. The highest BCUT2D eigenvalue weighted by Crippen LogP contribution is 2.27. The Hall–Kier alpha value is -1.42. The molecule has 0 saturated carbocycles. The number of halogens is 1. The highest BCUT2D eigenvalue weighted by atomic mass is 35.5. The van der Waals surface area contributed by atoms with Crippen LogP contribution in [0.15, 0.2) is 42.6 Å². The van der Waals surface area contributed by atoms with Gasteiger partial charge in [-0.15, -0.1) is 0 Å². The molecule has 0 amide bonds. The average Bonchev–Trinajstić information content (AvgIpc) is 2.46. The maximum atomic E-state index is 8.77. The molecule has 100 valence electrons. The second-order valence-corrected chi connectivity index (χ2v) is 4.61. The van der Waals surface area contributed by atoms with Crippen molar-refractivity contribution >= 4 is 11.6 Å². The van der Waals surface area contributed by atoms with E-state index >= 15 is 0 Å². The fourth-order valence-electron chi connectivity index (χ4n) is 1.94. The van der Waals surface area contributed by atoms with Crippen LogP contribution in [-0.2, 0) is 6.54 Å². The first-order chi connectivity index (χ1) is 9.33. The zero-order valence-electron chi connectivity index (χ0n) is 10.6. The van der Waals surface area contributed by atoms with Gasteiger partial charge in [-0.05, 0) is 30.2 Å². The lowest BCUT2D eigenvalue weighted by Crippen LogP contribution is -2.16. The molecule has 4 heteroatoms. The topological polar surface area (TPSA) is 45.1 Å². The van der Waals surface area contributed by atoms with Crippen molar-refractivity contribution in [1.29, 1.82) is 0 Å². The summed E-state index contributed by atoms with van der Waals surface area (Å²) < 4.78 is 0. The summed E-state index contributed by atoms with van der Waals surface area (Å²) in [5.74, 6) is 0. The maximum absolute atomic E-state index is 8.77. The fraction of sp³-hybridized carbons (Fsp3) is 0.267. The summed E-state index contributed by atoms with van der Waals surface area (Å²) in [5, 5.41) is 12.6. The first-order valence-corrected chi connectivity index (χ1v) is 6.71. The molecule has 19 heavy (non-hydrogen) atoms. The first-order valence-electron chi connectivity index (χ1n) is 6.33. The minimum Gasteiger partial charge on any atom is -0.396 e. The number of nitrogens with one attached hydrogen (secondary N) is 1. The van der Waals surface area contributed by atoms with Crippen molar-refractivity contribution < 1.29 is 5.11 Å². The summed E-state index contributed by atoms with van der Waals surface area (Å²) in [6.07, 6.45) is 2.46. The van der Waals surface area contributed by atoms with Crippen molar-refractivity contribution in [2.24, 2.45) is 0 Å². The van der Waals surface area contributed by atoms with Crippen molar-refractivity contribution in [2.75, 3.05) is 13.2 Å². The third-order valence-electron chi connectivity index (χ3n) is 2.90. The molecule has 0 aliphatic carbocycles. The van der Waals surface area contributed by atoms with Crippen LogP contribution < -0.4 is 5.32 Å². The first kappa shape index (κ1) is 14.0. The van der Waals surface area contributed by atoms with Crippen LogP contribution >= 0.6 is 11.6 Å². The lowest BCUT2D eigenvalue weighted by molar-refractivity contribution is 0.286. The van der Waals surface area contributed by atoms with Crippen LogP contribution in [0.4, 0.5) is 0 Å². The minimum atomic E-state index is 0.194. The Morgan fingerprint density at radius 1 is 1.16 bits per heavy atom. The maximum Gasteiger partial charge on any atom is 0.134 e. The van der Waals surface area contributed by atoms with Crippen LogP contribution in [0.2, 0.25) is 5.15 Å². The van der Waals surface area contributed by atoms with Crippen molar-refractivity contribution in [3.8, 4) is 11.1 Å². The van der Waals surface area contributed by atoms with Gasteiger partial charge in [0.25, 0.3) is 0 Å². The van der Waals surface area contributed by atoms with E-state index in [1.807, 2.05) is 24.3 Å². The molecule has 1 aromatic heterocycles. The Morgan fingerprint density at radius 3 is 2.68 bits per heavy atom. The van der Waals surface area contributed by atoms with Gasteiger partial charge in [-0.3, -0.25) is 0 Å². The summed E-state index contributed by atoms with van der Waals surface area (Å²) in [5.41, 5.74) is 3.22. The second-order valence-electron chi connectivity index (χ2n) is 4.25. The van der Waals surface area contributed by atoms with E-state index in [2.05, 4.69) is 22.4 Å². The predicted molar refractivity (Wildman–Crippen MR) is 78.1 cm³/mol. The standard InChI is InChI=1S/C15H17ClN2O/c16-15-14(11-17-8-4-10-19)13(7-9-18-15)12-5-2-1-3-6-12/h1-3,5-7,9,17,19H,4,8,10-11H2. The molecule has 2 N–H and O–H groups in total. The van der Waals surface area contributed by atoms with Crippen LogP contribution in [0.25, 0.3) is 11.1 Å². The molecule has 0 saturated heterocycles. The number of benzene rings is 1. The molecule has 2 aromatic rings. The fourth-order valence-corrected chi connectivity index (χ4v) is 2.17. The molecule has 1 aromatic carbocycles. The van der Waals surface area contributed by atoms with Gasteiger partial charge in [0.2, 0.25) is 0 Å². The molecule has 1 heterocycles. The molecule has 0 fully saturated rings. The largest absolute Gasteiger partial charge is 0.396 e. The van der Waals surface area contributed by atoms with Crippen molar-refractivity contribution in [3.63, 3.8) is 0 Å². The quantitative estimate of drug-likeness (QED) is 0.630. The van der Waals surface area contributed by atoms with Gasteiger partial charge in [0.1, 0.15) is 5.15 Å². The van der Waals surface area contributed by atoms with Gasteiger partial charge in [-0.2, -0.15) is 0 Å². The summed E-state index contributed by atoms with van der Waals surface area (Å²) in [6, 6.07) is 12.1. The number of aliphatic hydroxyl groups is 1. The van der Waals surface area contributed by atoms with Gasteiger partial charge >= 0.3 is 0 Å². The summed E-state index contributed by atoms with van der Waals surface area (Å²) in [4.78, 5) is 4.14. The van der Waals surface area contributed by atoms with Crippen LogP contribution in [0.3, 0.4) is 0 Å². The molecule has 0 spiro atoms. The van der Waals surface area contributed by atoms with E-state index in [4.69, 9.17) is 16.7 Å². The number of nitrogens with zero attached hydrogens (tertiary/aromatic N) is 1. The Balaban J connectivity index is 2.21. The molecule has 3 nitrogen and oxygen atoms in total. The van der Waals surface area contributed by atoms with Gasteiger partial charge in [0.15, 0.2) is 0 Å². The van der Waals surface area contributed by atoms with Crippen molar-refractivity contribution in [1.82, 2.24) is 10.3 Å². The summed E-state index contributed by atoms with van der Waals surface area (Å²) in [7, 11) is 0. The Labute approximate surface area is 118 Å². The van der Waals surface area contributed by atoms with E-state index in [0.29, 0.717) is 11.7 Å². The van der Waals surface area contributed by atoms with E-state index in [-0.39, 0.29) is 6.61 Å². The van der Waals surface area contributed by atoms with Gasteiger partial charge in [-0.25, -0.2) is 4.98 Å². The van der Waals surface area contributed by atoms with E-state index in [9.17, 15) is 0 Å². The third-order valence-corrected chi connectivity index (χ3v) is 3.23. The number of hydrogen-bond acceptors (Lipinski definition) is 3. The van der Waals surface area contributed by atoms with Crippen LogP contribution in [0.5, 0.6) is 0 Å². The molecule has 2 rings (SSSR count). The van der Waals surface area contributed by atoms with Gasteiger partial charge in [0, 0.05) is 24.9 Å². The number of rotatable bonds is 6. The lowest BCUT2D eigenvalue weighted by Gasteiger charge is -2.12. The highest BCUT2D eigenvalue weighted by Gasteiger charge is 2.09. The minimum absolute atomic E-state index is 0.194. The molecule has 0 radical (unpaired) electrons. The molecule has 0 aliphatic rings. The van der Waals surface area contributed by atoms with E-state index in [1.165, 1.54) is 0 Å². The monoisotopic (exact) mass is 276 g/mol. The summed E-state index contributed by atoms with van der Waals surface area (Å²) in [6.45, 7) is 1.60. The van der Waals surface area contributed by atoms with Gasteiger partial charge < -0.3 is 10.4 Å². The smallest absolute Gasteiger partial charge is 0.134 e. The molecule has 0 aliphatic heterocycles.